The van der Waals surface area contributed by atoms with Crippen LogP contribution in [-0.4, -0.2) is 56.1 Å². The lowest BCUT2D eigenvalue weighted by Crippen LogP contribution is -2.50. The fourth-order valence-electron chi connectivity index (χ4n) is 3.63. The van der Waals surface area contributed by atoms with Gasteiger partial charge in [0.2, 0.25) is 5.91 Å². The van der Waals surface area contributed by atoms with Crippen LogP contribution in [-0.2, 0) is 19.0 Å². The Bertz CT molecular complexity index is 335. The van der Waals surface area contributed by atoms with Gasteiger partial charge in [0, 0.05) is 26.6 Å². The zero-order chi connectivity index (χ0) is 13.3. The van der Waals surface area contributed by atoms with Crippen LogP contribution in [0, 0.1) is 5.92 Å². The normalized spacial score (nSPS) is 34.1. The summed E-state index contributed by atoms with van der Waals surface area (Å²) in [5, 5.41) is 0. The summed E-state index contributed by atoms with van der Waals surface area (Å²) in [5.74, 6) is -0.538. The van der Waals surface area contributed by atoms with Gasteiger partial charge in [-0.25, -0.2) is 0 Å². The Morgan fingerprint density at radius 1 is 1.26 bits per heavy atom. The third-order valence-corrected chi connectivity index (χ3v) is 4.65. The number of piperidine rings is 1. The topological polar surface area (TPSA) is 48.0 Å². The van der Waals surface area contributed by atoms with Crippen molar-refractivity contribution in [3.05, 3.63) is 0 Å². The summed E-state index contributed by atoms with van der Waals surface area (Å²) in [6.45, 7) is 2.78. The summed E-state index contributed by atoms with van der Waals surface area (Å²) in [6, 6.07) is 0. The second-order valence-electron chi connectivity index (χ2n) is 5.74. The van der Waals surface area contributed by atoms with Gasteiger partial charge in [-0.2, -0.15) is 0 Å². The van der Waals surface area contributed by atoms with E-state index >= 15 is 0 Å². The number of amides is 1. The number of carbonyl (C=O) groups excluding carboxylic acids is 1. The molecule has 3 aliphatic rings. The molecule has 0 unspecified atom stereocenters. The van der Waals surface area contributed by atoms with E-state index in [0.29, 0.717) is 19.8 Å². The molecule has 0 bridgehead atoms. The molecule has 5 nitrogen and oxygen atoms in total. The van der Waals surface area contributed by atoms with Crippen LogP contribution in [0.3, 0.4) is 0 Å². The minimum Gasteiger partial charge on any atom is -0.380 e. The number of rotatable bonds is 2. The molecule has 2 atom stereocenters. The van der Waals surface area contributed by atoms with E-state index in [9.17, 15) is 4.79 Å². The van der Waals surface area contributed by atoms with Gasteiger partial charge in [-0.1, -0.05) is 0 Å². The van der Waals surface area contributed by atoms with Gasteiger partial charge >= 0.3 is 0 Å². The van der Waals surface area contributed by atoms with Crippen molar-refractivity contribution < 1.29 is 19.0 Å². The third-order valence-electron chi connectivity index (χ3n) is 4.65. The first kappa shape index (κ1) is 13.3. The van der Waals surface area contributed by atoms with Crippen molar-refractivity contribution in [3.63, 3.8) is 0 Å². The van der Waals surface area contributed by atoms with Crippen LogP contribution in [0.1, 0.15) is 32.1 Å². The molecule has 0 aromatic carbocycles. The maximum atomic E-state index is 12.7. The first-order valence-corrected chi connectivity index (χ1v) is 7.35. The number of ether oxygens (including phenoxy) is 3. The summed E-state index contributed by atoms with van der Waals surface area (Å²) in [4.78, 5) is 14.7. The Balaban J connectivity index is 1.69. The molecule has 2 saturated heterocycles. The van der Waals surface area contributed by atoms with Crippen LogP contribution in [0.25, 0.3) is 0 Å². The van der Waals surface area contributed by atoms with E-state index in [2.05, 4.69) is 0 Å². The Labute approximate surface area is 114 Å². The molecule has 0 aromatic heterocycles. The smallest absolute Gasteiger partial charge is 0.231 e. The minimum absolute atomic E-state index is 0.120. The van der Waals surface area contributed by atoms with Gasteiger partial charge in [-0.05, 0) is 25.7 Å². The maximum Gasteiger partial charge on any atom is 0.231 e. The molecular weight excluding hydrogens is 246 g/mol. The molecule has 108 valence electrons. The number of likely N-dealkylation sites (tertiary alicyclic amines) is 1. The fraction of sp³-hybridized carbons (Fsp3) is 0.929. The summed E-state index contributed by atoms with van der Waals surface area (Å²) in [5.41, 5.74) is 0. The number of hydrogen-bond donors (Lipinski definition) is 0. The fourth-order valence-corrected chi connectivity index (χ4v) is 3.63. The molecule has 3 rings (SSSR count). The van der Waals surface area contributed by atoms with Crippen LogP contribution < -0.4 is 0 Å². The van der Waals surface area contributed by atoms with Gasteiger partial charge in [0.05, 0.1) is 25.2 Å². The van der Waals surface area contributed by atoms with Gasteiger partial charge in [-0.15, -0.1) is 0 Å². The van der Waals surface area contributed by atoms with Crippen molar-refractivity contribution in [1.29, 1.82) is 0 Å². The molecule has 5 heteroatoms. The van der Waals surface area contributed by atoms with Crippen LogP contribution in [0.2, 0.25) is 0 Å². The summed E-state index contributed by atoms with van der Waals surface area (Å²) < 4.78 is 17.0. The Kier molecular flexibility index (Phi) is 3.78. The first-order chi connectivity index (χ1) is 9.25. The van der Waals surface area contributed by atoms with Crippen molar-refractivity contribution in [1.82, 2.24) is 4.90 Å². The summed E-state index contributed by atoms with van der Waals surface area (Å²) in [7, 11) is 1.72. The lowest BCUT2D eigenvalue weighted by molar-refractivity contribution is -0.193. The third kappa shape index (κ3) is 2.39. The SMILES string of the molecule is CO[C@H]1CCCN(C(=O)[C@H]2CCCC23OCCO3)C1. The van der Waals surface area contributed by atoms with Gasteiger partial charge in [0.15, 0.2) is 5.79 Å². The molecule has 2 heterocycles. The van der Waals surface area contributed by atoms with E-state index < -0.39 is 5.79 Å². The molecule has 1 spiro atoms. The van der Waals surface area contributed by atoms with Crippen LogP contribution in [0.5, 0.6) is 0 Å². The second-order valence-corrected chi connectivity index (χ2v) is 5.74. The molecule has 1 amide bonds. The number of nitrogens with zero attached hydrogens (tertiary/aromatic N) is 1. The highest BCUT2D eigenvalue weighted by Gasteiger charge is 2.52. The summed E-state index contributed by atoms with van der Waals surface area (Å²) in [6.07, 6.45) is 4.99. The average Bonchev–Trinajstić information content (AvgIpc) is 3.09. The zero-order valence-corrected chi connectivity index (χ0v) is 11.6. The van der Waals surface area contributed by atoms with E-state index in [1.807, 2.05) is 4.90 Å². The molecule has 0 N–H and O–H groups in total. The van der Waals surface area contributed by atoms with Gasteiger partial charge in [0.1, 0.15) is 0 Å². The van der Waals surface area contributed by atoms with E-state index in [-0.39, 0.29) is 17.9 Å². The van der Waals surface area contributed by atoms with Crippen molar-refractivity contribution in [2.75, 3.05) is 33.4 Å². The number of hydrogen-bond acceptors (Lipinski definition) is 4. The minimum atomic E-state index is -0.614. The lowest BCUT2D eigenvalue weighted by atomic mass is 9.98. The Morgan fingerprint density at radius 2 is 2.05 bits per heavy atom. The van der Waals surface area contributed by atoms with Gasteiger partial charge in [0.25, 0.3) is 0 Å². The van der Waals surface area contributed by atoms with Crippen molar-refractivity contribution in [3.8, 4) is 0 Å². The quantitative estimate of drug-likeness (QED) is 0.755. The highest BCUT2D eigenvalue weighted by atomic mass is 16.7. The Hall–Kier alpha value is -0.650. The first-order valence-electron chi connectivity index (χ1n) is 7.35. The maximum absolute atomic E-state index is 12.7. The molecule has 2 aliphatic heterocycles. The van der Waals surface area contributed by atoms with Gasteiger partial charge in [-0.3, -0.25) is 4.79 Å². The predicted octanol–water partition coefficient (Wildman–Crippen LogP) is 1.17. The van der Waals surface area contributed by atoms with Crippen molar-refractivity contribution in [2.45, 2.75) is 44.0 Å². The van der Waals surface area contributed by atoms with E-state index in [4.69, 9.17) is 14.2 Å². The highest BCUT2D eigenvalue weighted by molar-refractivity contribution is 5.80. The van der Waals surface area contributed by atoms with Crippen LogP contribution in [0.15, 0.2) is 0 Å². The van der Waals surface area contributed by atoms with E-state index in [0.717, 1.165) is 38.6 Å². The summed E-state index contributed by atoms with van der Waals surface area (Å²) >= 11 is 0. The lowest BCUT2D eigenvalue weighted by Gasteiger charge is -2.37. The van der Waals surface area contributed by atoms with E-state index in [1.165, 1.54) is 0 Å². The Morgan fingerprint density at radius 3 is 2.79 bits per heavy atom. The molecule has 3 fully saturated rings. The average molecular weight is 269 g/mol. The van der Waals surface area contributed by atoms with Crippen molar-refractivity contribution >= 4 is 5.91 Å². The predicted molar refractivity (Wildman–Crippen MR) is 68.6 cm³/mol. The second kappa shape index (κ2) is 5.38. The molecule has 0 aromatic rings. The van der Waals surface area contributed by atoms with Crippen LogP contribution >= 0.6 is 0 Å². The number of carbonyl (C=O) groups is 1. The molecule has 19 heavy (non-hydrogen) atoms. The monoisotopic (exact) mass is 269 g/mol. The molecule has 0 radical (unpaired) electrons. The van der Waals surface area contributed by atoms with Crippen molar-refractivity contribution in [2.24, 2.45) is 5.92 Å². The molecule has 1 saturated carbocycles. The van der Waals surface area contributed by atoms with E-state index in [1.54, 1.807) is 7.11 Å². The van der Waals surface area contributed by atoms with Gasteiger partial charge < -0.3 is 19.1 Å². The largest absolute Gasteiger partial charge is 0.380 e. The zero-order valence-electron chi connectivity index (χ0n) is 11.6. The van der Waals surface area contributed by atoms with Crippen LogP contribution in [0.4, 0.5) is 0 Å². The molecular formula is C14H23NO4. The number of methoxy groups -OCH3 is 1. The molecule has 1 aliphatic carbocycles. The standard InChI is InChI=1S/C14H23NO4/c1-17-11-4-3-7-15(10-11)13(16)12-5-2-6-14(12)18-8-9-19-14/h11-12H,2-10H2,1H3/t11-,12+/m0/s1. The highest BCUT2D eigenvalue weighted by Crippen LogP contribution is 2.43.